The van der Waals surface area contributed by atoms with Gasteiger partial charge in [-0.3, -0.25) is 0 Å². The third kappa shape index (κ3) is 3.98. The number of hydrogen-bond acceptors (Lipinski definition) is 4. The van der Waals surface area contributed by atoms with Gasteiger partial charge >= 0.3 is 0 Å². The molecule has 1 atom stereocenters. The topological polar surface area (TPSA) is 49.4 Å². The third-order valence-electron chi connectivity index (χ3n) is 4.23. The van der Waals surface area contributed by atoms with Crippen LogP contribution < -0.4 is 5.32 Å². The molecule has 1 saturated heterocycles. The van der Waals surface area contributed by atoms with Gasteiger partial charge in [-0.2, -0.15) is 0 Å². The Morgan fingerprint density at radius 3 is 2.67 bits per heavy atom. The van der Waals surface area contributed by atoms with E-state index in [1.165, 1.54) is 6.42 Å². The Labute approximate surface area is 128 Å². The highest BCUT2D eigenvalue weighted by atomic mass is 32.2. The van der Waals surface area contributed by atoms with Gasteiger partial charge in [0.2, 0.25) is 0 Å². The Bertz CT molecular complexity index is 569. The number of para-hydroxylation sites is 1. The zero-order chi connectivity index (χ0) is 15.5. The lowest BCUT2D eigenvalue weighted by atomic mass is 10.1. The monoisotopic (exact) mass is 310 g/mol. The summed E-state index contributed by atoms with van der Waals surface area (Å²) in [5.74, 6) is 0.723. The van der Waals surface area contributed by atoms with Crippen LogP contribution in [0.5, 0.6) is 0 Å². The summed E-state index contributed by atoms with van der Waals surface area (Å²) in [6.07, 6.45) is 1.17. The van der Waals surface area contributed by atoms with Gasteiger partial charge in [-0.05, 0) is 44.9 Å². The van der Waals surface area contributed by atoms with E-state index in [1.807, 2.05) is 12.1 Å². The second-order valence-electron chi connectivity index (χ2n) is 6.02. The molecule has 118 valence electrons. The van der Waals surface area contributed by atoms with Crippen LogP contribution in [0.3, 0.4) is 0 Å². The standard InChI is InChI=1S/C16H26N2O2S/c1-4-21(19,20)16-8-6-5-7-15(16)17-11-14-9-10-18(12-14)13(2)3/h5-8,13-14,17H,4,9-12H2,1-3H3. The Morgan fingerprint density at radius 2 is 2.05 bits per heavy atom. The maximum atomic E-state index is 12.1. The van der Waals surface area contributed by atoms with Gasteiger partial charge in [0.05, 0.1) is 16.3 Å². The van der Waals surface area contributed by atoms with Crippen LogP contribution in [-0.2, 0) is 9.84 Å². The van der Waals surface area contributed by atoms with Crippen LogP contribution in [0.2, 0.25) is 0 Å². The first kappa shape index (κ1) is 16.3. The van der Waals surface area contributed by atoms with Crippen molar-refractivity contribution >= 4 is 15.5 Å². The van der Waals surface area contributed by atoms with E-state index in [-0.39, 0.29) is 5.75 Å². The van der Waals surface area contributed by atoms with Gasteiger partial charge in [-0.25, -0.2) is 8.42 Å². The molecule has 0 saturated carbocycles. The molecule has 1 aromatic rings. The number of nitrogens with one attached hydrogen (secondary N) is 1. The molecule has 0 aliphatic carbocycles. The van der Waals surface area contributed by atoms with Crippen molar-refractivity contribution in [3.8, 4) is 0 Å². The molecule has 2 rings (SSSR count). The van der Waals surface area contributed by atoms with Crippen molar-refractivity contribution in [3.05, 3.63) is 24.3 Å². The summed E-state index contributed by atoms with van der Waals surface area (Å²) >= 11 is 0. The van der Waals surface area contributed by atoms with Crippen LogP contribution in [-0.4, -0.2) is 44.7 Å². The van der Waals surface area contributed by atoms with Crippen molar-refractivity contribution in [2.24, 2.45) is 5.92 Å². The summed E-state index contributed by atoms with van der Waals surface area (Å²) < 4.78 is 24.2. The third-order valence-corrected chi connectivity index (χ3v) is 6.02. The highest BCUT2D eigenvalue weighted by Gasteiger charge is 2.24. The van der Waals surface area contributed by atoms with Crippen molar-refractivity contribution in [2.75, 3.05) is 30.7 Å². The molecule has 0 spiro atoms. The van der Waals surface area contributed by atoms with Gasteiger partial charge in [0.15, 0.2) is 9.84 Å². The molecule has 1 aromatic carbocycles. The van der Waals surface area contributed by atoms with Crippen molar-refractivity contribution in [1.29, 1.82) is 0 Å². The minimum Gasteiger partial charge on any atom is -0.384 e. The molecule has 0 bridgehead atoms. The van der Waals surface area contributed by atoms with Crippen LogP contribution in [0.4, 0.5) is 5.69 Å². The number of benzene rings is 1. The summed E-state index contributed by atoms with van der Waals surface area (Å²) in [4.78, 5) is 2.90. The molecule has 0 amide bonds. The fraction of sp³-hybridized carbons (Fsp3) is 0.625. The lowest BCUT2D eigenvalue weighted by molar-refractivity contribution is 0.266. The number of nitrogens with zero attached hydrogens (tertiary/aromatic N) is 1. The van der Waals surface area contributed by atoms with E-state index in [0.717, 1.165) is 25.3 Å². The Kier molecular flexibility index (Phi) is 5.27. The van der Waals surface area contributed by atoms with Gasteiger partial charge < -0.3 is 10.2 Å². The largest absolute Gasteiger partial charge is 0.384 e. The second kappa shape index (κ2) is 6.79. The predicted octanol–water partition coefficient (Wildman–Crippen LogP) is 2.62. The number of sulfone groups is 1. The fourth-order valence-corrected chi connectivity index (χ4v) is 3.86. The van der Waals surface area contributed by atoms with E-state index in [0.29, 0.717) is 16.9 Å². The van der Waals surface area contributed by atoms with E-state index in [4.69, 9.17) is 0 Å². The average Bonchev–Trinajstić information content (AvgIpc) is 2.94. The van der Waals surface area contributed by atoms with E-state index < -0.39 is 9.84 Å². The van der Waals surface area contributed by atoms with Crippen LogP contribution in [0.15, 0.2) is 29.2 Å². The highest BCUT2D eigenvalue weighted by Crippen LogP contribution is 2.24. The normalized spacial score (nSPS) is 20.1. The summed E-state index contributed by atoms with van der Waals surface area (Å²) in [5.41, 5.74) is 0.738. The molecule has 0 aromatic heterocycles. The smallest absolute Gasteiger partial charge is 0.180 e. The maximum absolute atomic E-state index is 12.1. The molecule has 1 unspecified atom stereocenters. The van der Waals surface area contributed by atoms with Gasteiger partial charge in [0, 0.05) is 19.1 Å². The van der Waals surface area contributed by atoms with E-state index in [2.05, 4.69) is 24.1 Å². The molecule has 1 aliphatic heterocycles. The first-order valence-corrected chi connectivity index (χ1v) is 9.39. The quantitative estimate of drug-likeness (QED) is 0.877. The minimum atomic E-state index is -3.17. The van der Waals surface area contributed by atoms with Crippen molar-refractivity contribution in [1.82, 2.24) is 4.90 Å². The molecule has 1 heterocycles. The SMILES string of the molecule is CCS(=O)(=O)c1ccccc1NCC1CCN(C(C)C)C1. The lowest BCUT2D eigenvalue weighted by Crippen LogP contribution is -2.29. The van der Waals surface area contributed by atoms with Gasteiger partial charge in [0.1, 0.15) is 0 Å². The van der Waals surface area contributed by atoms with Crippen LogP contribution in [0.25, 0.3) is 0 Å². The van der Waals surface area contributed by atoms with E-state index >= 15 is 0 Å². The predicted molar refractivity (Wildman–Crippen MR) is 87.5 cm³/mol. The number of rotatable bonds is 6. The fourth-order valence-electron chi connectivity index (χ4n) is 2.79. The van der Waals surface area contributed by atoms with E-state index in [9.17, 15) is 8.42 Å². The summed E-state index contributed by atoms with van der Waals surface area (Å²) in [5, 5.41) is 3.35. The van der Waals surface area contributed by atoms with Crippen LogP contribution >= 0.6 is 0 Å². The molecule has 0 radical (unpaired) electrons. The minimum absolute atomic E-state index is 0.135. The lowest BCUT2D eigenvalue weighted by Gasteiger charge is -2.20. The molecule has 1 fully saturated rings. The van der Waals surface area contributed by atoms with E-state index in [1.54, 1.807) is 19.1 Å². The van der Waals surface area contributed by atoms with Crippen molar-refractivity contribution in [3.63, 3.8) is 0 Å². The maximum Gasteiger partial charge on any atom is 0.180 e. The van der Waals surface area contributed by atoms with Crippen molar-refractivity contribution < 1.29 is 8.42 Å². The summed E-state index contributed by atoms with van der Waals surface area (Å²) in [6.45, 7) is 9.19. The average molecular weight is 310 g/mol. The van der Waals surface area contributed by atoms with Gasteiger partial charge in [-0.1, -0.05) is 19.1 Å². The van der Waals surface area contributed by atoms with Gasteiger partial charge in [-0.15, -0.1) is 0 Å². The molecule has 21 heavy (non-hydrogen) atoms. The first-order valence-electron chi connectivity index (χ1n) is 7.73. The Balaban J connectivity index is 2.02. The summed E-state index contributed by atoms with van der Waals surface area (Å²) in [6, 6.07) is 7.80. The van der Waals surface area contributed by atoms with Crippen LogP contribution in [0, 0.1) is 5.92 Å². The Hall–Kier alpha value is -1.07. The van der Waals surface area contributed by atoms with Crippen molar-refractivity contribution in [2.45, 2.75) is 38.1 Å². The molecule has 1 aliphatic rings. The van der Waals surface area contributed by atoms with Gasteiger partial charge in [0.25, 0.3) is 0 Å². The molecule has 1 N–H and O–H groups in total. The first-order chi connectivity index (χ1) is 9.94. The molecule has 5 heteroatoms. The molecular formula is C16H26N2O2S. The summed E-state index contributed by atoms with van der Waals surface area (Å²) in [7, 11) is -3.17. The van der Waals surface area contributed by atoms with Crippen LogP contribution in [0.1, 0.15) is 27.2 Å². The Morgan fingerprint density at radius 1 is 1.33 bits per heavy atom. The zero-order valence-electron chi connectivity index (χ0n) is 13.2. The highest BCUT2D eigenvalue weighted by molar-refractivity contribution is 7.91. The number of likely N-dealkylation sites (tertiary alicyclic amines) is 1. The number of anilines is 1. The molecule has 4 nitrogen and oxygen atoms in total. The second-order valence-corrected chi connectivity index (χ2v) is 8.27. The zero-order valence-corrected chi connectivity index (χ0v) is 14.0. The number of hydrogen-bond donors (Lipinski definition) is 1. The molecular weight excluding hydrogens is 284 g/mol.